The zero-order chi connectivity index (χ0) is 14.4. The molecule has 4 atom stereocenters. The molecule has 4 heteroatoms. The zero-order valence-corrected chi connectivity index (χ0v) is 12.6. The summed E-state index contributed by atoms with van der Waals surface area (Å²) in [5, 5.41) is 5.97. The third kappa shape index (κ3) is 2.17. The van der Waals surface area contributed by atoms with Crippen molar-refractivity contribution in [3.8, 4) is 0 Å². The molecule has 0 saturated heterocycles. The molecule has 1 aromatic carbocycles. The molecule has 112 valence electrons. The summed E-state index contributed by atoms with van der Waals surface area (Å²) in [6.07, 6.45) is 6.85. The lowest BCUT2D eigenvalue weighted by Crippen LogP contribution is -2.31. The average molecular weight is 284 g/mol. The first-order valence-corrected chi connectivity index (χ1v) is 8.14. The maximum absolute atomic E-state index is 5.88. The lowest BCUT2D eigenvalue weighted by atomic mass is 9.83. The molecule has 4 unspecified atom stereocenters. The second-order valence-corrected chi connectivity index (χ2v) is 6.92. The number of nitrogens with zero attached hydrogens (tertiary/aromatic N) is 2. The third-order valence-corrected chi connectivity index (χ3v) is 5.74. The van der Waals surface area contributed by atoms with E-state index in [4.69, 9.17) is 10.9 Å². The van der Waals surface area contributed by atoms with Crippen LogP contribution in [0.3, 0.4) is 0 Å². The number of aryl methyl sites for hydroxylation is 1. The Morgan fingerprint density at radius 3 is 2.90 bits per heavy atom. The monoisotopic (exact) mass is 284 g/mol. The fourth-order valence-electron chi connectivity index (χ4n) is 4.73. The topological polar surface area (TPSA) is 55.9 Å². The first kappa shape index (κ1) is 13.3. The van der Waals surface area contributed by atoms with Crippen molar-refractivity contribution in [1.29, 1.82) is 0 Å². The average Bonchev–Trinajstić information content (AvgIpc) is 3.20. The lowest BCUT2D eigenvalue weighted by molar-refractivity contribution is 0.278. The molecule has 2 saturated carbocycles. The van der Waals surface area contributed by atoms with Gasteiger partial charge in [-0.1, -0.05) is 24.6 Å². The van der Waals surface area contributed by atoms with Gasteiger partial charge in [0.2, 0.25) is 0 Å². The van der Waals surface area contributed by atoms with Crippen molar-refractivity contribution in [3.63, 3.8) is 0 Å². The Labute approximate surface area is 125 Å². The number of rotatable bonds is 4. The van der Waals surface area contributed by atoms with E-state index in [1.54, 1.807) is 0 Å². The summed E-state index contributed by atoms with van der Waals surface area (Å²) in [6.45, 7) is 0. The fraction of sp³-hybridized carbons (Fsp3) is 0.588. The van der Waals surface area contributed by atoms with Crippen molar-refractivity contribution < 1.29 is 0 Å². The minimum Gasteiger partial charge on any atom is -0.271 e. The van der Waals surface area contributed by atoms with E-state index in [0.29, 0.717) is 0 Å². The van der Waals surface area contributed by atoms with Gasteiger partial charge in [0, 0.05) is 12.4 Å². The minimum atomic E-state index is 0.167. The van der Waals surface area contributed by atoms with Crippen molar-refractivity contribution in [2.45, 2.75) is 38.1 Å². The quantitative estimate of drug-likeness (QED) is 0.670. The molecule has 2 fully saturated rings. The molecule has 2 aliphatic rings. The molecule has 2 aromatic rings. The summed E-state index contributed by atoms with van der Waals surface area (Å²) >= 11 is 0. The van der Waals surface area contributed by atoms with Gasteiger partial charge in [0.05, 0.1) is 17.3 Å². The Bertz CT molecular complexity index is 647. The first-order valence-electron chi connectivity index (χ1n) is 8.14. The number of hydrogen-bond donors (Lipinski definition) is 2. The molecule has 0 amide bonds. The summed E-state index contributed by atoms with van der Waals surface area (Å²) in [5.41, 5.74) is 5.33. The predicted molar refractivity (Wildman–Crippen MR) is 84.3 cm³/mol. The molecule has 1 aromatic heterocycles. The number of aromatic nitrogens is 2. The highest BCUT2D eigenvalue weighted by Gasteiger charge is 2.40. The molecule has 0 aliphatic heterocycles. The summed E-state index contributed by atoms with van der Waals surface area (Å²) < 4.78 is 1.97. The van der Waals surface area contributed by atoms with Crippen LogP contribution in [0, 0.1) is 17.8 Å². The lowest BCUT2D eigenvalue weighted by Gasteiger charge is -2.25. The second-order valence-electron chi connectivity index (χ2n) is 6.92. The van der Waals surface area contributed by atoms with Crippen LogP contribution in [0.4, 0.5) is 0 Å². The van der Waals surface area contributed by atoms with Crippen molar-refractivity contribution >= 4 is 10.9 Å². The van der Waals surface area contributed by atoms with Crippen LogP contribution in [0.25, 0.3) is 10.9 Å². The molecule has 3 N–H and O–H groups in total. The normalized spacial score (nSPS) is 29.3. The molecular formula is C17H24N4. The Morgan fingerprint density at radius 2 is 2.19 bits per heavy atom. The molecule has 0 radical (unpaired) electrons. The van der Waals surface area contributed by atoms with Crippen molar-refractivity contribution in [2.24, 2.45) is 30.6 Å². The van der Waals surface area contributed by atoms with Crippen LogP contribution in [0.15, 0.2) is 24.3 Å². The number of benzene rings is 1. The van der Waals surface area contributed by atoms with Gasteiger partial charge in [-0.15, -0.1) is 0 Å². The largest absolute Gasteiger partial charge is 0.271 e. The molecule has 1 heterocycles. The van der Waals surface area contributed by atoms with Gasteiger partial charge < -0.3 is 0 Å². The number of fused-ring (bicyclic) bond motifs is 3. The smallest absolute Gasteiger partial charge is 0.0886 e. The summed E-state index contributed by atoms with van der Waals surface area (Å²) in [7, 11) is 2.01. The van der Waals surface area contributed by atoms with E-state index in [0.717, 1.165) is 29.9 Å². The van der Waals surface area contributed by atoms with E-state index < -0.39 is 0 Å². The number of hydrazine groups is 1. The molecule has 2 bridgehead atoms. The summed E-state index contributed by atoms with van der Waals surface area (Å²) in [5.74, 6) is 8.62. The summed E-state index contributed by atoms with van der Waals surface area (Å²) in [6, 6.07) is 8.59. The molecule has 21 heavy (non-hydrogen) atoms. The number of para-hydroxylation sites is 1. The Kier molecular flexibility index (Phi) is 3.23. The number of nitrogens with two attached hydrogens (primary N) is 1. The Hall–Kier alpha value is -1.39. The highest BCUT2D eigenvalue weighted by molar-refractivity contribution is 5.82. The van der Waals surface area contributed by atoms with Crippen molar-refractivity contribution in [3.05, 3.63) is 30.0 Å². The Morgan fingerprint density at radius 1 is 1.33 bits per heavy atom. The van der Waals surface area contributed by atoms with Crippen LogP contribution < -0.4 is 11.3 Å². The highest BCUT2D eigenvalue weighted by Crippen LogP contribution is 2.51. The molecular weight excluding hydrogens is 260 g/mol. The van der Waals surface area contributed by atoms with Gasteiger partial charge in [-0.2, -0.15) is 5.10 Å². The van der Waals surface area contributed by atoms with Crippen LogP contribution >= 0.6 is 0 Å². The van der Waals surface area contributed by atoms with Crippen LogP contribution in [0.2, 0.25) is 0 Å². The second kappa shape index (κ2) is 5.11. The standard InChI is InChI=1S/C17H24N4/c1-21-16-5-3-2-4-14(16)17(20-21)15(19-18)10-13-9-11-6-7-12(13)8-11/h2-5,11-13,15,19H,6-10,18H2,1H3. The zero-order valence-electron chi connectivity index (χ0n) is 12.6. The van der Waals surface area contributed by atoms with E-state index >= 15 is 0 Å². The number of nitrogens with one attached hydrogen (secondary N) is 1. The van der Waals surface area contributed by atoms with Gasteiger partial charge in [0.15, 0.2) is 0 Å². The van der Waals surface area contributed by atoms with Crippen molar-refractivity contribution in [2.75, 3.05) is 0 Å². The van der Waals surface area contributed by atoms with E-state index in [9.17, 15) is 0 Å². The van der Waals surface area contributed by atoms with E-state index in [2.05, 4.69) is 29.7 Å². The van der Waals surface area contributed by atoms with E-state index in [1.807, 2.05) is 11.7 Å². The number of hydrogen-bond acceptors (Lipinski definition) is 3. The molecule has 2 aliphatic carbocycles. The van der Waals surface area contributed by atoms with Crippen molar-refractivity contribution in [1.82, 2.24) is 15.2 Å². The van der Waals surface area contributed by atoms with Gasteiger partial charge in [0.25, 0.3) is 0 Å². The molecule has 4 rings (SSSR count). The Balaban J connectivity index is 1.62. The van der Waals surface area contributed by atoms with E-state index in [-0.39, 0.29) is 6.04 Å². The van der Waals surface area contributed by atoms with E-state index in [1.165, 1.54) is 36.6 Å². The van der Waals surface area contributed by atoms with Gasteiger partial charge in [0.1, 0.15) is 0 Å². The van der Waals surface area contributed by atoms with Crippen LogP contribution in [0.1, 0.15) is 43.8 Å². The summed E-state index contributed by atoms with van der Waals surface area (Å²) in [4.78, 5) is 0. The predicted octanol–water partition coefficient (Wildman–Crippen LogP) is 2.90. The highest BCUT2D eigenvalue weighted by atomic mass is 15.3. The maximum Gasteiger partial charge on any atom is 0.0886 e. The SMILES string of the molecule is Cn1nc(C(CC2CC3CCC2C3)NN)c2ccccc21. The van der Waals surface area contributed by atoms with Crippen LogP contribution in [-0.4, -0.2) is 9.78 Å². The fourth-order valence-corrected chi connectivity index (χ4v) is 4.73. The van der Waals surface area contributed by atoms with Gasteiger partial charge in [-0.3, -0.25) is 16.0 Å². The third-order valence-electron chi connectivity index (χ3n) is 5.74. The van der Waals surface area contributed by atoms with Crippen LogP contribution in [0.5, 0.6) is 0 Å². The first-order chi connectivity index (χ1) is 10.3. The minimum absolute atomic E-state index is 0.167. The maximum atomic E-state index is 5.88. The van der Waals surface area contributed by atoms with Gasteiger partial charge >= 0.3 is 0 Å². The van der Waals surface area contributed by atoms with Crippen LogP contribution in [-0.2, 0) is 7.05 Å². The van der Waals surface area contributed by atoms with Gasteiger partial charge in [-0.05, 0) is 49.5 Å². The molecule has 4 nitrogen and oxygen atoms in total. The van der Waals surface area contributed by atoms with Gasteiger partial charge in [-0.25, -0.2) is 0 Å². The molecule has 0 spiro atoms.